The molecule has 30 heavy (non-hydrogen) atoms. The van der Waals surface area contributed by atoms with Crippen LogP contribution in [0.25, 0.3) is 10.9 Å². The van der Waals surface area contributed by atoms with Crippen LogP contribution in [0.1, 0.15) is 29.2 Å². The van der Waals surface area contributed by atoms with Crippen LogP contribution in [-0.4, -0.2) is 15.4 Å². The largest absolute Gasteiger partial charge is 0.467 e. The number of hydrogen-bond donors (Lipinski definition) is 1. The van der Waals surface area contributed by atoms with Gasteiger partial charge in [-0.25, -0.2) is 0 Å². The molecule has 2 aromatic heterocycles. The molecule has 0 spiro atoms. The van der Waals surface area contributed by atoms with E-state index in [1.165, 1.54) is 6.07 Å². The van der Waals surface area contributed by atoms with Crippen molar-refractivity contribution in [3.8, 4) is 0 Å². The number of hydrogen-bond acceptors (Lipinski definition) is 4. The van der Waals surface area contributed by atoms with Crippen molar-refractivity contribution in [1.82, 2.24) is 9.88 Å². The van der Waals surface area contributed by atoms with E-state index in [1.807, 2.05) is 48.1 Å². The highest BCUT2D eigenvalue weighted by Crippen LogP contribution is 2.35. The maximum absolute atomic E-state index is 12.8. The summed E-state index contributed by atoms with van der Waals surface area (Å²) in [6, 6.07) is 18.0. The number of nitrogens with one attached hydrogen (secondary N) is 1. The third-order valence-electron chi connectivity index (χ3n) is 5.22. The SMILES string of the molecule is Cn1cc(C(CC(=O)NCc2ccco2)c2cccc([N+](=O)[O-])c2)c2ccccc21. The molecule has 7 nitrogen and oxygen atoms in total. The fraction of sp³-hybridized carbons (Fsp3) is 0.174. The highest BCUT2D eigenvalue weighted by Gasteiger charge is 2.24. The van der Waals surface area contributed by atoms with E-state index in [9.17, 15) is 14.9 Å². The zero-order chi connectivity index (χ0) is 21.1. The number of benzene rings is 2. The molecule has 1 amide bonds. The lowest BCUT2D eigenvalue weighted by atomic mass is 9.87. The zero-order valence-electron chi connectivity index (χ0n) is 16.4. The van der Waals surface area contributed by atoms with Crippen LogP contribution >= 0.6 is 0 Å². The normalized spacial score (nSPS) is 12.0. The second-order valence-corrected chi connectivity index (χ2v) is 7.18. The Morgan fingerprint density at radius 3 is 2.77 bits per heavy atom. The van der Waals surface area contributed by atoms with E-state index in [2.05, 4.69) is 5.32 Å². The van der Waals surface area contributed by atoms with E-state index in [1.54, 1.807) is 30.5 Å². The topological polar surface area (TPSA) is 90.3 Å². The first-order valence-corrected chi connectivity index (χ1v) is 9.60. The number of non-ortho nitro benzene ring substituents is 1. The number of amides is 1. The smallest absolute Gasteiger partial charge is 0.269 e. The number of para-hydroxylation sites is 1. The first-order chi connectivity index (χ1) is 14.5. The fourth-order valence-corrected chi connectivity index (χ4v) is 3.77. The zero-order valence-corrected chi connectivity index (χ0v) is 16.4. The Bertz CT molecular complexity index is 1190. The lowest BCUT2D eigenvalue weighted by Crippen LogP contribution is -2.24. The summed E-state index contributed by atoms with van der Waals surface area (Å²) in [6.07, 6.45) is 3.72. The summed E-state index contributed by atoms with van der Waals surface area (Å²) in [5, 5.41) is 15.2. The van der Waals surface area contributed by atoms with Gasteiger partial charge in [0.25, 0.3) is 5.69 Å². The molecule has 4 rings (SSSR count). The van der Waals surface area contributed by atoms with Crippen LogP contribution < -0.4 is 5.32 Å². The molecule has 0 bridgehead atoms. The molecule has 1 atom stereocenters. The molecule has 0 aliphatic carbocycles. The highest BCUT2D eigenvalue weighted by atomic mass is 16.6. The molecular weight excluding hydrogens is 382 g/mol. The number of nitro benzene ring substituents is 1. The van der Waals surface area contributed by atoms with Crippen LogP contribution in [0.2, 0.25) is 0 Å². The van der Waals surface area contributed by atoms with Gasteiger partial charge < -0.3 is 14.3 Å². The minimum Gasteiger partial charge on any atom is -0.467 e. The van der Waals surface area contributed by atoms with Crippen molar-refractivity contribution in [3.63, 3.8) is 0 Å². The molecule has 0 saturated carbocycles. The second-order valence-electron chi connectivity index (χ2n) is 7.18. The van der Waals surface area contributed by atoms with Gasteiger partial charge in [0, 0.05) is 48.6 Å². The van der Waals surface area contributed by atoms with Crippen LogP contribution in [-0.2, 0) is 18.4 Å². The first kappa shape index (κ1) is 19.4. The minimum atomic E-state index is -0.416. The number of fused-ring (bicyclic) bond motifs is 1. The highest BCUT2D eigenvalue weighted by molar-refractivity contribution is 5.86. The number of nitrogens with zero attached hydrogens (tertiary/aromatic N) is 2. The van der Waals surface area contributed by atoms with E-state index in [0.29, 0.717) is 12.3 Å². The Balaban J connectivity index is 1.70. The van der Waals surface area contributed by atoms with Gasteiger partial charge in [0.15, 0.2) is 0 Å². The van der Waals surface area contributed by atoms with Gasteiger partial charge in [-0.3, -0.25) is 14.9 Å². The molecule has 4 aromatic rings. The predicted octanol–water partition coefficient (Wildman–Crippen LogP) is 4.52. The minimum absolute atomic E-state index is 0.00808. The molecule has 2 aromatic carbocycles. The lowest BCUT2D eigenvalue weighted by molar-refractivity contribution is -0.384. The molecular formula is C23H21N3O4. The molecule has 1 unspecified atom stereocenters. The molecule has 7 heteroatoms. The van der Waals surface area contributed by atoms with Crippen LogP contribution in [0, 0.1) is 10.1 Å². The molecule has 0 saturated heterocycles. The average Bonchev–Trinajstić information content (AvgIpc) is 3.39. The van der Waals surface area contributed by atoms with E-state index in [-0.39, 0.29) is 23.9 Å². The summed E-state index contributed by atoms with van der Waals surface area (Å²) in [5.74, 6) is 0.184. The number of nitro groups is 1. The van der Waals surface area contributed by atoms with Crippen molar-refractivity contribution in [2.24, 2.45) is 7.05 Å². The third-order valence-corrected chi connectivity index (χ3v) is 5.22. The summed E-state index contributed by atoms with van der Waals surface area (Å²) in [4.78, 5) is 23.6. The van der Waals surface area contributed by atoms with Gasteiger partial charge in [-0.1, -0.05) is 30.3 Å². The summed E-state index contributed by atoms with van der Waals surface area (Å²) < 4.78 is 7.28. The Morgan fingerprint density at radius 1 is 1.17 bits per heavy atom. The van der Waals surface area contributed by atoms with E-state index in [4.69, 9.17) is 4.42 Å². The molecule has 0 aliphatic rings. The number of carbonyl (C=O) groups is 1. The number of furan rings is 1. The van der Waals surface area contributed by atoms with Gasteiger partial charge >= 0.3 is 0 Å². The standard InChI is InChI=1S/C23H21N3O4/c1-25-15-21(19-9-2-3-10-22(19)25)20(16-6-4-7-17(12-16)26(28)29)13-23(27)24-14-18-8-5-11-30-18/h2-12,15,20H,13-14H2,1H3,(H,24,27). The van der Waals surface area contributed by atoms with Crippen molar-refractivity contribution >= 4 is 22.5 Å². The average molecular weight is 403 g/mol. The van der Waals surface area contributed by atoms with Crippen LogP contribution in [0.5, 0.6) is 0 Å². The number of rotatable bonds is 7. The maximum Gasteiger partial charge on any atom is 0.269 e. The van der Waals surface area contributed by atoms with Crippen LogP contribution in [0.15, 0.2) is 77.5 Å². The predicted molar refractivity (Wildman–Crippen MR) is 113 cm³/mol. The Hall–Kier alpha value is -3.87. The first-order valence-electron chi connectivity index (χ1n) is 9.60. The number of carbonyl (C=O) groups excluding carboxylic acids is 1. The van der Waals surface area contributed by atoms with E-state index < -0.39 is 4.92 Å². The number of aryl methyl sites for hydroxylation is 1. The van der Waals surface area contributed by atoms with Gasteiger partial charge in [-0.2, -0.15) is 0 Å². The van der Waals surface area contributed by atoms with Crippen molar-refractivity contribution in [2.45, 2.75) is 18.9 Å². The fourth-order valence-electron chi connectivity index (χ4n) is 3.77. The van der Waals surface area contributed by atoms with Crippen LogP contribution in [0.4, 0.5) is 5.69 Å². The number of aromatic nitrogens is 1. The summed E-state index contributed by atoms with van der Waals surface area (Å²) in [7, 11) is 1.95. The van der Waals surface area contributed by atoms with Gasteiger partial charge in [-0.05, 0) is 29.3 Å². The molecule has 0 fully saturated rings. The monoisotopic (exact) mass is 403 g/mol. The van der Waals surface area contributed by atoms with E-state index in [0.717, 1.165) is 22.0 Å². The molecule has 152 valence electrons. The van der Waals surface area contributed by atoms with Crippen molar-refractivity contribution in [3.05, 3.63) is 100 Å². The Kier molecular flexibility index (Phi) is 5.34. The van der Waals surface area contributed by atoms with Gasteiger partial charge in [0.2, 0.25) is 5.91 Å². The van der Waals surface area contributed by atoms with E-state index >= 15 is 0 Å². The van der Waals surface area contributed by atoms with Crippen molar-refractivity contribution < 1.29 is 14.1 Å². The molecule has 0 aliphatic heterocycles. The van der Waals surface area contributed by atoms with Crippen molar-refractivity contribution in [2.75, 3.05) is 0 Å². The molecule has 1 N–H and O–H groups in total. The second kappa shape index (κ2) is 8.24. The Labute approximate surface area is 173 Å². The van der Waals surface area contributed by atoms with Gasteiger partial charge in [-0.15, -0.1) is 0 Å². The quantitative estimate of drug-likeness (QED) is 0.363. The van der Waals surface area contributed by atoms with Crippen molar-refractivity contribution in [1.29, 1.82) is 0 Å². The Morgan fingerprint density at radius 2 is 2.00 bits per heavy atom. The summed E-state index contributed by atoms with van der Waals surface area (Å²) >= 11 is 0. The molecule has 0 radical (unpaired) electrons. The maximum atomic E-state index is 12.8. The summed E-state index contributed by atoms with van der Waals surface area (Å²) in [5.41, 5.74) is 2.74. The lowest BCUT2D eigenvalue weighted by Gasteiger charge is -2.17. The summed E-state index contributed by atoms with van der Waals surface area (Å²) in [6.45, 7) is 0.295. The third kappa shape index (κ3) is 3.96. The van der Waals surface area contributed by atoms with Gasteiger partial charge in [0.05, 0.1) is 17.7 Å². The molecule has 2 heterocycles. The van der Waals surface area contributed by atoms with Gasteiger partial charge in [0.1, 0.15) is 5.76 Å². The van der Waals surface area contributed by atoms with Crippen LogP contribution in [0.3, 0.4) is 0 Å².